The van der Waals surface area contributed by atoms with Crippen LogP contribution in [0.25, 0.3) is 0 Å². The molecule has 2 rings (SSSR count). The molecule has 6 heteroatoms. The van der Waals surface area contributed by atoms with E-state index in [1.54, 1.807) is 0 Å². The Kier molecular flexibility index (Phi) is 8.30. The quantitative estimate of drug-likeness (QED) is 0.366. The topological polar surface area (TPSA) is 96.7 Å². The molecule has 0 aliphatic rings. The number of hydrogen-bond acceptors (Lipinski definition) is 3. The van der Waals surface area contributed by atoms with Crippen LogP contribution < -0.4 is 5.73 Å². The second kappa shape index (κ2) is 10.2. The first-order valence-corrected chi connectivity index (χ1v) is 11.5. The minimum absolute atomic E-state index is 0.174. The summed E-state index contributed by atoms with van der Waals surface area (Å²) in [5, 5.41) is 0. The lowest BCUT2D eigenvalue weighted by molar-refractivity contribution is 0.348. The van der Waals surface area contributed by atoms with E-state index in [9.17, 15) is 4.57 Å². The van der Waals surface area contributed by atoms with Crippen molar-refractivity contribution in [2.45, 2.75) is 63.8 Å². The number of unbranched alkanes of at least 4 members (excludes halogenated alkanes) is 2. The minimum Gasteiger partial charge on any atom is -0.466 e. The van der Waals surface area contributed by atoms with Gasteiger partial charge in [-0.25, -0.2) is 0 Å². The van der Waals surface area contributed by atoms with Crippen LogP contribution in [-0.2, 0) is 23.8 Å². The molecule has 1 heterocycles. The fraction of sp³-hybridized carbons (Fsp3) is 0.524. The maximum Gasteiger partial charge on any atom is 0.325 e. The van der Waals surface area contributed by atoms with E-state index in [0.29, 0.717) is 19.3 Å². The van der Waals surface area contributed by atoms with Crippen LogP contribution in [0.3, 0.4) is 0 Å². The van der Waals surface area contributed by atoms with Gasteiger partial charge in [0.15, 0.2) is 0 Å². The fourth-order valence-corrected chi connectivity index (χ4v) is 3.88. The average molecular weight is 393 g/mol. The molecular weight excluding hydrogens is 361 g/mol. The highest BCUT2D eigenvalue weighted by atomic mass is 31.2. The van der Waals surface area contributed by atoms with Gasteiger partial charge in [0.05, 0.1) is 6.16 Å². The molecule has 0 bridgehead atoms. The maximum atomic E-state index is 11.0. The highest BCUT2D eigenvalue weighted by Gasteiger charge is 2.24. The molecule has 150 valence electrons. The van der Waals surface area contributed by atoms with E-state index in [1.165, 1.54) is 18.4 Å². The fourth-order valence-electron chi connectivity index (χ4n) is 3.08. The maximum absolute atomic E-state index is 11.0. The molecule has 0 spiro atoms. The van der Waals surface area contributed by atoms with Gasteiger partial charge < -0.3 is 19.9 Å². The summed E-state index contributed by atoms with van der Waals surface area (Å²) in [7, 11) is -4.00. The van der Waals surface area contributed by atoms with Crippen molar-refractivity contribution in [1.29, 1.82) is 0 Å². The van der Waals surface area contributed by atoms with Gasteiger partial charge in [0.1, 0.15) is 11.5 Å². The van der Waals surface area contributed by atoms with Gasteiger partial charge in [-0.3, -0.25) is 4.57 Å². The molecule has 1 aromatic heterocycles. The molecule has 1 unspecified atom stereocenters. The molecule has 5 nitrogen and oxygen atoms in total. The van der Waals surface area contributed by atoms with Crippen LogP contribution >= 0.6 is 7.60 Å². The van der Waals surface area contributed by atoms with E-state index in [0.717, 1.165) is 30.8 Å². The van der Waals surface area contributed by atoms with Crippen molar-refractivity contribution in [1.82, 2.24) is 0 Å². The van der Waals surface area contributed by atoms with Crippen LogP contribution in [0.1, 0.15) is 56.1 Å². The van der Waals surface area contributed by atoms with Crippen LogP contribution in [0, 0.1) is 0 Å². The van der Waals surface area contributed by atoms with Crippen LogP contribution in [-0.4, -0.2) is 21.5 Å². The third-order valence-corrected chi connectivity index (χ3v) is 5.67. The first-order valence-electron chi connectivity index (χ1n) is 9.68. The normalized spacial score (nSPS) is 14.2. The monoisotopic (exact) mass is 393 g/mol. The molecule has 0 fully saturated rings. The molecule has 4 N–H and O–H groups in total. The third kappa shape index (κ3) is 9.39. The Bertz CT molecular complexity index is 721. The lowest BCUT2D eigenvalue weighted by Gasteiger charge is -2.24. The van der Waals surface area contributed by atoms with Crippen molar-refractivity contribution in [3.05, 3.63) is 59.5 Å². The summed E-state index contributed by atoms with van der Waals surface area (Å²) in [6.45, 7) is 1.83. The molecule has 1 atom stereocenters. The molecule has 0 radical (unpaired) electrons. The number of rotatable bonds is 12. The summed E-state index contributed by atoms with van der Waals surface area (Å²) in [6, 6.07) is 14.6. The Labute approximate surface area is 162 Å². The number of hydrogen-bond donors (Lipinski definition) is 3. The third-order valence-electron chi connectivity index (χ3n) is 4.87. The van der Waals surface area contributed by atoms with E-state index >= 15 is 0 Å². The Morgan fingerprint density at radius 1 is 0.926 bits per heavy atom. The molecule has 0 saturated heterocycles. The van der Waals surface area contributed by atoms with Gasteiger partial charge in [-0.05, 0) is 56.7 Å². The number of nitrogens with two attached hydrogens (primary N) is 1. The van der Waals surface area contributed by atoms with Gasteiger partial charge in [-0.1, -0.05) is 36.8 Å². The van der Waals surface area contributed by atoms with E-state index < -0.39 is 13.1 Å². The predicted octanol–water partition coefficient (Wildman–Crippen LogP) is 4.45. The van der Waals surface area contributed by atoms with Crippen LogP contribution in [0.2, 0.25) is 0 Å². The molecule has 2 aromatic rings. The largest absolute Gasteiger partial charge is 0.466 e. The standard InChI is InChI=1S/C21H32NO4P/c1-21(22,16-17-27(23,24)25)15-14-20-13-12-19(26-20)11-7-3-6-10-18-8-4-2-5-9-18/h2,4-5,8-9,12-13H,3,6-7,10-11,14-17,22H2,1H3,(H2,23,24,25). The van der Waals surface area contributed by atoms with Crippen molar-refractivity contribution in [3.8, 4) is 0 Å². The number of aryl methyl sites for hydroxylation is 3. The van der Waals surface area contributed by atoms with Gasteiger partial charge in [-0.2, -0.15) is 0 Å². The summed E-state index contributed by atoms with van der Waals surface area (Å²) in [5.41, 5.74) is 6.94. The Hall–Kier alpha value is -1.39. The lowest BCUT2D eigenvalue weighted by Crippen LogP contribution is -2.37. The zero-order valence-corrected chi connectivity index (χ0v) is 17.0. The number of benzene rings is 1. The summed E-state index contributed by atoms with van der Waals surface area (Å²) < 4.78 is 16.9. The molecule has 0 amide bonds. The summed E-state index contributed by atoms with van der Waals surface area (Å²) in [4.78, 5) is 18.0. The average Bonchev–Trinajstić information content (AvgIpc) is 3.07. The van der Waals surface area contributed by atoms with Gasteiger partial charge in [0.25, 0.3) is 0 Å². The van der Waals surface area contributed by atoms with E-state index in [1.807, 2.05) is 25.1 Å². The first kappa shape index (κ1) is 21.9. The summed E-state index contributed by atoms with van der Waals surface area (Å²) in [5.74, 6) is 1.89. The molecule has 1 aromatic carbocycles. The van der Waals surface area contributed by atoms with Crippen molar-refractivity contribution >= 4 is 7.60 Å². The van der Waals surface area contributed by atoms with Crippen LogP contribution in [0.4, 0.5) is 0 Å². The molecule has 0 aliphatic heterocycles. The Morgan fingerprint density at radius 3 is 2.22 bits per heavy atom. The zero-order chi connectivity index (χ0) is 19.8. The zero-order valence-electron chi connectivity index (χ0n) is 16.1. The highest BCUT2D eigenvalue weighted by molar-refractivity contribution is 7.51. The van der Waals surface area contributed by atoms with Crippen molar-refractivity contribution in [2.75, 3.05) is 6.16 Å². The lowest BCUT2D eigenvalue weighted by atomic mass is 9.93. The molecular formula is C21H32NO4P. The van der Waals surface area contributed by atoms with Crippen molar-refractivity contribution in [3.63, 3.8) is 0 Å². The summed E-state index contributed by atoms with van der Waals surface area (Å²) >= 11 is 0. The second-order valence-corrected chi connectivity index (χ2v) is 9.48. The van der Waals surface area contributed by atoms with E-state index in [-0.39, 0.29) is 6.16 Å². The predicted molar refractivity (Wildman–Crippen MR) is 109 cm³/mol. The summed E-state index contributed by atoms with van der Waals surface area (Å²) in [6.07, 6.45) is 6.96. The van der Waals surface area contributed by atoms with Gasteiger partial charge in [0, 0.05) is 18.4 Å². The minimum atomic E-state index is -4.00. The first-order chi connectivity index (χ1) is 12.7. The highest BCUT2D eigenvalue weighted by Crippen LogP contribution is 2.37. The smallest absolute Gasteiger partial charge is 0.325 e. The van der Waals surface area contributed by atoms with E-state index in [4.69, 9.17) is 19.9 Å². The number of furan rings is 1. The Morgan fingerprint density at radius 2 is 1.56 bits per heavy atom. The van der Waals surface area contributed by atoms with Crippen molar-refractivity contribution in [2.24, 2.45) is 5.73 Å². The van der Waals surface area contributed by atoms with Gasteiger partial charge >= 0.3 is 7.60 Å². The molecule has 0 saturated carbocycles. The van der Waals surface area contributed by atoms with Gasteiger partial charge in [-0.15, -0.1) is 0 Å². The Balaban J connectivity index is 1.64. The SMILES string of the molecule is CC(N)(CCc1ccc(CCCCCc2ccccc2)o1)CCP(=O)(O)O. The second-order valence-electron chi connectivity index (χ2n) is 7.71. The molecule has 27 heavy (non-hydrogen) atoms. The van der Waals surface area contributed by atoms with Gasteiger partial charge in [0.2, 0.25) is 0 Å². The van der Waals surface area contributed by atoms with E-state index in [2.05, 4.69) is 24.3 Å². The molecule has 0 aliphatic carbocycles. The van der Waals surface area contributed by atoms with Crippen LogP contribution in [0.15, 0.2) is 46.9 Å². The van der Waals surface area contributed by atoms with Crippen LogP contribution in [0.5, 0.6) is 0 Å². The van der Waals surface area contributed by atoms with Crippen molar-refractivity contribution < 1.29 is 18.8 Å².